The molecule has 0 heterocycles. The minimum atomic E-state index is -0.519. The summed E-state index contributed by atoms with van der Waals surface area (Å²) in [5, 5.41) is 7.07. The van der Waals surface area contributed by atoms with Crippen LogP contribution < -0.4 is 10.6 Å². The highest BCUT2D eigenvalue weighted by molar-refractivity contribution is 6.35. The number of hydrogen-bond donors (Lipinski definition) is 2. The van der Waals surface area contributed by atoms with Crippen LogP contribution in [0.2, 0.25) is 10.0 Å². The van der Waals surface area contributed by atoms with E-state index < -0.39 is 6.04 Å². The lowest BCUT2D eigenvalue weighted by molar-refractivity contribution is -0.118. The van der Waals surface area contributed by atoms with Gasteiger partial charge in [0.1, 0.15) is 6.04 Å². The van der Waals surface area contributed by atoms with E-state index in [0.29, 0.717) is 22.3 Å². The van der Waals surface area contributed by atoms with Crippen molar-refractivity contribution in [2.24, 2.45) is 0 Å². The van der Waals surface area contributed by atoms with Crippen LogP contribution in [-0.4, -0.2) is 25.7 Å². The second kappa shape index (κ2) is 9.04. The Bertz CT molecular complexity index is 660. The molecule has 0 bridgehead atoms. The molecule has 2 aromatic carbocycles. The van der Waals surface area contributed by atoms with Crippen LogP contribution in [0, 0.1) is 0 Å². The number of methoxy groups -OCH3 is 1. The Morgan fingerprint density at radius 2 is 1.75 bits per heavy atom. The lowest BCUT2D eigenvalue weighted by atomic mass is 10.0. The molecule has 2 rings (SSSR count). The number of rotatable bonds is 7. The highest BCUT2D eigenvalue weighted by Gasteiger charge is 2.22. The molecule has 0 aliphatic rings. The molecule has 2 atom stereocenters. The average molecular weight is 367 g/mol. The van der Waals surface area contributed by atoms with Gasteiger partial charge in [0.2, 0.25) is 5.91 Å². The SMILES string of the molecule is COC[C@@H](C)N[C@H](C(=O)Nc1cc(Cl)cc(Cl)c1)c1ccccc1. The second-order valence-corrected chi connectivity index (χ2v) is 6.39. The number of amides is 1. The van der Waals surface area contributed by atoms with Gasteiger partial charge < -0.3 is 10.1 Å². The normalized spacial score (nSPS) is 13.3. The third-order valence-corrected chi connectivity index (χ3v) is 3.83. The molecule has 0 aromatic heterocycles. The lowest BCUT2D eigenvalue weighted by Crippen LogP contribution is -2.40. The fourth-order valence-electron chi connectivity index (χ4n) is 2.39. The molecule has 0 radical (unpaired) electrons. The summed E-state index contributed by atoms with van der Waals surface area (Å²) in [4.78, 5) is 12.8. The summed E-state index contributed by atoms with van der Waals surface area (Å²) in [6.07, 6.45) is 0. The molecule has 0 fully saturated rings. The Morgan fingerprint density at radius 1 is 1.12 bits per heavy atom. The summed E-state index contributed by atoms with van der Waals surface area (Å²) in [5.41, 5.74) is 1.42. The van der Waals surface area contributed by atoms with E-state index in [1.807, 2.05) is 37.3 Å². The smallest absolute Gasteiger partial charge is 0.246 e. The fraction of sp³-hybridized carbons (Fsp3) is 0.278. The van der Waals surface area contributed by atoms with Gasteiger partial charge >= 0.3 is 0 Å². The molecule has 1 amide bonds. The van der Waals surface area contributed by atoms with Gasteiger partial charge in [0.25, 0.3) is 0 Å². The number of hydrogen-bond acceptors (Lipinski definition) is 3. The Labute approximate surface area is 152 Å². The van der Waals surface area contributed by atoms with Gasteiger partial charge in [-0.25, -0.2) is 0 Å². The van der Waals surface area contributed by atoms with Crippen LogP contribution in [0.1, 0.15) is 18.5 Å². The number of benzene rings is 2. The highest BCUT2D eigenvalue weighted by Crippen LogP contribution is 2.24. The number of halogens is 2. The molecule has 6 heteroatoms. The zero-order valence-electron chi connectivity index (χ0n) is 13.6. The molecule has 128 valence electrons. The Kier molecular flexibility index (Phi) is 7.06. The predicted octanol–water partition coefficient (Wildman–Crippen LogP) is 4.30. The van der Waals surface area contributed by atoms with Crippen molar-refractivity contribution < 1.29 is 9.53 Å². The van der Waals surface area contributed by atoms with Crippen LogP contribution in [0.3, 0.4) is 0 Å². The largest absolute Gasteiger partial charge is 0.383 e. The number of ether oxygens (including phenoxy) is 1. The van der Waals surface area contributed by atoms with Crippen LogP contribution in [0.15, 0.2) is 48.5 Å². The van der Waals surface area contributed by atoms with Crippen molar-refractivity contribution in [1.29, 1.82) is 0 Å². The molecule has 2 aromatic rings. The van der Waals surface area contributed by atoms with Crippen molar-refractivity contribution in [3.63, 3.8) is 0 Å². The summed E-state index contributed by atoms with van der Waals surface area (Å²) >= 11 is 12.0. The van der Waals surface area contributed by atoms with Crippen LogP contribution in [-0.2, 0) is 9.53 Å². The van der Waals surface area contributed by atoms with E-state index in [2.05, 4.69) is 10.6 Å². The molecule has 0 spiro atoms. The van der Waals surface area contributed by atoms with Crippen LogP contribution in [0.25, 0.3) is 0 Å². The Balaban J connectivity index is 2.20. The van der Waals surface area contributed by atoms with Crippen LogP contribution >= 0.6 is 23.2 Å². The molecule has 24 heavy (non-hydrogen) atoms. The molecule has 2 N–H and O–H groups in total. The summed E-state index contributed by atoms with van der Waals surface area (Å²) in [6, 6.07) is 13.9. The van der Waals surface area contributed by atoms with E-state index >= 15 is 0 Å². The number of anilines is 1. The van der Waals surface area contributed by atoms with Crippen molar-refractivity contribution >= 4 is 34.8 Å². The molecule has 0 aliphatic carbocycles. The first-order valence-electron chi connectivity index (χ1n) is 7.56. The van der Waals surface area contributed by atoms with Gasteiger partial charge in [0.15, 0.2) is 0 Å². The maximum Gasteiger partial charge on any atom is 0.246 e. The molecule has 4 nitrogen and oxygen atoms in total. The summed E-state index contributed by atoms with van der Waals surface area (Å²) in [7, 11) is 1.63. The third kappa shape index (κ3) is 5.49. The van der Waals surface area contributed by atoms with Gasteiger partial charge in [-0.15, -0.1) is 0 Å². The first-order valence-corrected chi connectivity index (χ1v) is 8.32. The molecule has 0 saturated heterocycles. The standard InChI is InChI=1S/C18H20Cl2N2O2/c1-12(11-24-2)21-17(13-6-4-3-5-7-13)18(23)22-16-9-14(19)8-15(20)10-16/h3-10,12,17,21H,11H2,1-2H3,(H,22,23)/t12-,17+/m1/s1. The number of carbonyl (C=O) groups is 1. The van der Waals surface area contributed by atoms with Gasteiger partial charge in [-0.2, -0.15) is 0 Å². The number of nitrogens with one attached hydrogen (secondary N) is 2. The van der Waals surface area contributed by atoms with E-state index in [1.54, 1.807) is 25.3 Å². The predicted molar refractivity (Wildman–Crippen MR) is 98.7 cm³/mol. The van der Waals surface area contributed by atoms with E-state index in [1.165, 1.54) is 0 Å². The van der Waals surface area contributed by atoms with Gasteiger partial charge in [-0.1, -0.05) is 53.5 Å². The van der Waals surface area contributed by atoms with Crippen molar-refractivity contribution in [3.05, 3.63) is 64.1 Å². The van der Waals surface area contributed by atoms with Crippen molar-refractivity contribution in [1.82, 2.24) is 5.32 Å². The maximum atomic E-state index is 12.8. The second-order valence-electron chi connectivity index (χ2n) is 5.51. The fourth-order valence-corrected chi connectivity index (χ4v) is 2.92. The zero-order chi connectivity index (χ0) is 17.5. The van der Waals surface area contributed by atoms with Crippen LogP contribution in [0.5, 0.6) is 0 Å². The topological polar surface area (TPSA) is 50.4 Å². The van der Waals surface area contributed by atoms with E-state index in [0.717, 1.165) is 5.56 Å². The van der Waals surface area contributed by atoms with Crippen molar-refractivity contribution in [2.45, 2.75) is 19.0 Å². The quantitative estimate of drug-likeness (QED) is 0.767. The third-order valence-electron chi connectivity index (χ3n) is 3.39. The van der Waals surface area contributed by atoms with Gasteiger partial charge in [0.05, 0.1) is 6.61 Å². The van der Waals surface area contributed by atoms with Crippen LogP contribution in [0.4, 0.5) is 5.69 Å². The van der Waals surface area contributed by atoms with E-state index in [4.69, 9.17) is 27.9 Å². The minimum Gasteiger partial charge on any atom is -0.383 e. The first kappa shape index (κ1) is 18.7. The van der Waals surface area contributed by atoms with Crippen molar-refractivity contribution in [2.75, 3.05) is 19.0 Å². The molecular formula is C18H20Cl2N2O2. The molecule has 0 unspecified atom stereocenters. The van der Waals surface area contributed by atoms with E-state index in [-0.39, 0.29) is 11.9 Å². The molecule has 0 aliphatic heterocycles. The minimum absolute atomic E-state index is 0.00825. The summed E-state index contributed by atoms with van der Waals surface area (Å²) in [5.74, 6) is -0.192. The van der Waals surface area contributed by atoms with Gasteiger partial charge in [0, 0.05) is 28.9 Å². The Hall–Kier alpha value is -1.59. The molecule has 0 saturated carbocycles. The monoisotopic (exact) mass is 366 g/mol. The summed E-state index contributed by atoms with van der Waals surface area (Å²) < 4.78 is 5.14. The lowest BCUT2D eigenvalue weighted by Gasteiger charge is -2.23. The van der Waals surface area contributed by atoms with Gasteiger partial charge in [-0.05, 0) is 30.7 Å². The zero-order valence-corrected chi connectivity index (χ0v) is 15.1. The van der Waals surface area contributed by atoms with Gasteiger partial charge in [-0.3, -0.25) is 10.1 Å². The van der Waals surface area contributed by atoms with E-state index in [9.17, 15) is 4.79 Å². The maximum absolute atomic E-state index is 12.8. The van der Waals surface area contributed by atoms with Crippen molar-refractivity contribution in [3.8, 4) is 0 Å². The first-order chi connectivity index (χ1) is 11.5. The molecular weight excluding hydrogens is 347 g/mol. The summed E-state index contributed by atoms with van der Waals surface area (Å²) in [6.45, 7) is 2.46. The Morgan fingerprint density at radius 3 is 2.33 bits per heavy atom. The number of carbonyl (C=O) groups excluding carboxylic acids is 1. The average Bonchev–Trinajstić information content (AvgIpc) is 2.52. The highest BCUT2D eigenvalue weighted by atomic mass is 35.5.